The maximum atomic E-state index is 12.3. The number of benzene rings is 2. The Hall–Kier alpha value is -2.42. The smallest absolute Gasteiger partial charge is 0.236 e. The van der Waals surface area contributed by atoms with Crippen molar-refractivity contribution in [2.75, 3.05) is 18.2 Å². The highest BCUT2D eigenvalue weighted by Gasteiger charge is 2.13. The van der Waals surface area contributed by atoms with Gasteiger partial charge in [-0.2, -0.15) is 0 Å². The van der Waals surface area contributed by atoms with E-state index in [1.807, 2.05) is 49.4 Å². The highest BCUT2D eigenvalue weighted by Crippen LogP contribution is 2.31. The number of methoxy groups -OCH3 is 1. The fourth-order valence-electron chi connectivity index (χ4n) is 2.83. The molecule has 29 heavy (non-hydrogen) atoms. The van der Waals surface area contributed by atoms with E-state index in [1.54, 1.807) is 30.2 Å². The molecule has 0 saturated heterocycles. The van der Waals surface area contributed by atoms with E-state index < -0.39 is 0 Å². The molecule has 8 heteroatoms. The van der Waals surface area contributed by atoms with E-state index in [2.05, 4.69) is 21.4 Å². The third-order valence-electron chi connectivity index (χ3n) is 4.20. The third-order valence-corrected chi connectivity index (χ3v) is 7.25. The van der Waals surface area contributed by atoms with Crippen molar-refractivity contribution in [3.8, 4) is 17.0 Å². The van der Waals surface area contributed by atoms with Crippen LogP contribution >= 0.6 is 34.4 Å². The molecular weight excluding hydrogens is 422 g/mol. The van der Waals surface area contributed by atoms with Crippen molar-refractivity contribution in [3.05, 3.63) is 58.4 Å². The highest BCUT2D eigenvalue weighted by molar-refractivity contribution is 7.99. The summed E-state index contributed by atoms with van der Waals surface area (Å²) in [6.07, 6.45) is 0. The number of carbonyl (C=O) groups is 1. The summed E-state index contributed by atoms with van der Waals surface area (Å²) in [5.41, 5.74) is 2.90. The average molecular weight is 442 g/mol. The van der Waals surface area contributed by atoms with Crippen LogP contribution in [0.2, 0.25) is 0 Å². The van der Waals surface area contributed by atoms with Gasteiger partial charge in [-0.05, 0) is 43.3 Å². The lowest BCUT2D eigenvalue weighted by Crippen LogP contribution is -2.13. The van der Waals surface area contributed by atoms with Gasteiger partial charge in [-0.15, -0.1) is 34.4 Å². The van der Waals surface area contributed by atoms with Crippen LogP contribution in [0.1, 0.15) is 9.88 Å². The maximum absolute atomic E-state index is 12.3. The molecule has 0 radical (unpaired) electrons. The number of rotatable bonds is 7. The van der Waals surface area contributed by atoms with Gasteiger partial charge >= 0.3 is 0 Å². The molecule has 0 unspecified atom stereocenters. The van der Waals surface area contributed by atoms with Gasteiger partial charge in [0.15, 0.2) is 5.13 Å². The average Bonchev–Trinajstić information content (AvgIpc) is 3.30. The maximum Gasteiger partial charge on any atom is 0.236 e. The van der Waals surface area contributed by atoms with Gasteiger partial charge in [0.1, 0.15) is 10.8 Å². The zero-order valence-corrected chi connectivity index (χ0v) is 18.4. The molecule has 1 amide bonds. The zero-order valence-electron chi connectivity index (χ0n) is 16.0. The summed E-state index contributed by atoms with van der Waals surface area (Å²) in [5, 5.41) is 4.58. The number of nitrogens with one attached hydrogen (secondary N) is 1. The molecule has 148 valence electrons. The molecule has 0 aliphatic rings. The minimum atomic E-state index is -0.0499. The van der Waals surface area contributed by atoms with Gasteiger partial charge < -0.3 is 10.1 Å². The first-order chi connectivity index (χ1) is 14.1. The molecule has 0 bridgehead atoms. The lowest BCUT2D eigenvalue weighted by atomic mass is 10.1. The second kappa shape index (κ2) is 8.94. The number of aryl methyl sites for hydroxylation is 1. The fourth-order valence-corrected chi connectivity index (χ4v) is 5.53. The van der Waals surface area contributed by atoms with E-state index in [1.165, 1.54) is 16.0 Å². The van der Waals surface area contributed by atoms with Crippen LogP contribution in [0, 0.1) is 6.92 Å². The number of nitrogens with zero attached hydrogens (tertiary/aromatic N) is 2. The molecule has 2 heterocycles. The molecule has 1 N–H and O–H groups in total. The molecule has 4 aromatic rings. The number of para-hydroxylation sites is 1. The number of thioether (sulfide) groups is 1. The largest absolute Gasteiger partial charge is 0.497 e. The van der Waals surface area contributed by atoms with Gasteiger partial charge in [-0.3, -0.25) is 4.79 Å². The Kier molecular flexibility index (Phi) is 6.13. The van der Waals surface area contributed by atoms with Crippen molar-refractivity contribution in [3.63, 3.8) is 0 Å². The van der Waals surface area contributed by atoms with E-state index in [4.69, 9.17) is 4.74 Å². The lowest BCUT2D eigenvalue weighted by molar-refractivity contribution is -0.113. The van der Waals surface area contributed by atoms with Crippen molar-refractivity contribution in [1.29, 1.82) is 0 Å². The molecule has 0 saturated carbocycles. The number of fused-ring (bicyclic) bond motifs is 1. The number of hydrogen-bond donors (Lipinski definition) is 1. The predicted molar refractivity (Wildman–Crippen MR) is 123 cm³/mol. The summed E-state index contributed by atoms with van der Waals surface area (Å²) in [6, 6.07) is 15.8. The quantitative estimate of drug-likeness (QED) is 0.404. The molecule has 4 rings (SSSR count). The molecule has 0 fully saturated rings. The predicted octanol–water partition coefficient (Wildman–Crippen LogP) is 5.61. The number of anilines is 1. The summed E-state index contributed by atoms with van der Waals surface area (Å²) in [6.45, 7) is 2.01. The number of carbonyl (C=O) groups excluding carboxylic acids is 1. The number of hydrogen-bond acceptors (Lipinski definition) is 7. The minimum absolute atomic E-state index is 0.0499. The van der Waals surface area contributed by atoms with Crippen molar-refractivity contribution in [2.24, 2.45) is 0 Å². The molecule has 0 aliphatic carbocycles. The Balaban J connectivity index is 1.33. The fraction of sp³-hybridized carbons (Fsp3) is 0.190. The molecule has 0 aliphatic heterocycles. The summed E-state index contributed by atoms with van der Waals surface area (Å²) in [4.78, 5) is 22.6. The van der Waals surface area contributed by atoms with Crippen LogP contribution in [0.3, 0.4) is 0 Å². The summed E-state index contributed by atoms with van der Waals surface area (Å²) in [7, 11) is 1.64. The van der Waals surface area contributed by atoms with E-state index in [0.717, 1.165) is 38.2 Å². The molecule has 0 atom stereocenters. The van der Waals surface area contributed by atoms with Gasteiger partial charge in [-0.1, -0.05) is 12.1 Å². The number of thiazole rings is 2. The molecular formula is C21H19N3O2S3. The summed E-state index contributed by atoms with van der Waals surface area (Å²) >= 11 is 4.72. The van der Waals surface area contributed by atoms with Crippen LogP contribution in [0.25, 0.3) is 21.5 Å². The third kappa shape index (κ3) is 4.77. The first-order valence-corrected chi connectivity index (χ1v) is 11.7. The van der Waals surface area contributed by atoms with E-state index in [-0.39, 0.29) is 5.91 Å². The van der Waals surface area contributed by atoms with Crippen molar-refractivity contribution in [2.45, 2.75) is 12.7 Å². The Morgan fingerprint density at radius 3 is 2.66 bits per heavy atom. The van der Waals surface area contributed by atoms with Gasteiger partial charge in [0.25, 0.3) is 0 Å². The van der Waals surface area contributed by atoms with Crippen LogP contribution < -0.4 is 10.1 Å². The number of amides is 1. The van der Waals surface area contributed by atoms with E-state index in [0.29, 0.717) is 10.9 Å². The Labute approximate surface area is 181 Å². The summed E-state index contributed by atoms with van der Waals surface area (Å²) in [5.74, 6) is 1.85. The van der Waals surface area contributed by atoms with Crippen LogP contribution in [0.4, 0.5) is 5.13 Å². The monoisotopic (exact) mass is 441 g/mol. The molecule has 0 spiro atoms. The van der Waals surface area contributed by atoms with Crippen molar-refractivity contribution in [1.82, 2.24) is 9.97 Å². The Morgan fingerprint density at radius 1 is 1.10 bits per heavy atom. The lowest BCUT2D eigenvalue weighted by Gasteiger charge is -2.02. The second-order valence-corrected chi connectivity index (χ2v) is 9.57. The van der Waals surface area contributed by atoms with Crippen molar-refractivity contribution >= 4 is 55.7 Å². The van der Waals surface area contributed by atoms with Gasteiger partial charge in [0.2, 0.25) is 5.91 Å². The Bertz CT molecular complexity index is 1100. The van der Waals surface area contributed by atoms with E-state index in [9.17, 15) is 4.79 Å². The Morgan fingerprint density at radius 2 is 1.90 bits per heavy atom. The normalized spacial score (nSPS) is 11.0. The van der Waals surface area contributed by atoms with E-state index >= 15 is 0 Å². The molecule has 2 aromatic heterocycles. The van der Waals surface area contributed by atoms with Gasteiger partial charge in [0.05, 0.1) is 28.8 Å². The van der Waals surface area contributed by atoms with Gasteiger partial charge in [0, 0.05) is 16.2 Å². The zero-order chi connectivity index (χ0) is 20.2. The SMILES string of the molecule is COc1ccc(-c2nc(NC(=O)CSCc3nc4ccccc4s3)sc2C)cc1. The molecule has 5 nitrogen and oxygen atoms in total. The van der Waals surface area contributed by atoms with Crippen LogP contribution in [-0.2, 0) is 10.5 Å². The van der Waals surface area contributed by atoms with Crippen LogP contribution in [0.5, 0.6) is 5.75 Å². The topological polar surface area (TPSA) is 64.1 Å². The van der Waals surface area contributed by atoms with Crippen molar-refractivity contribution < 1.29 is 9.53 Å². The standard InChI is InChI=1S/C21H19N3O2S3/c1-13-20(14-7-9-15(26-2)10-8-14)24-21(28-13)23-18(25)11-27-12-19-22-16-5-3-4-6-17(16)29-19/h3-10H,11-12H2,1-2H3,(H,23,24,25). The number of aromatic nitrogens is 2. The summed E-state index contributed by atoms with van der Waals surface area (Å²) < 4.78 is 6.38. The highest BCUT2D eigenvalue weighted by atomic mass is 32.2. The van der Waals surface area contributed by atoms with Crippen LogP contribution in [0.15, 0.2) is 48.5 Å². The first-order valence-electron chi connectivity index (χ1n) is 8.96. The second-order valence-electron chi connectivity index (χ2n) is 6.27. The number of ether oxygens (including phenoxy) is 1. The minimum Gasteiger partial charge on any atom is -0.497 e. The first kappa shape index (κ1) is 19.9. The van der Waals surface area contributed by atoms with Crippen LogP contribution in [-0.4, -0.2) is 28.7 Å². The molecule has 2 aromatic carbocycles. The van der Waals surface area contributed by atoms with Gasteiger partial charge in [-0.25, -0.2) is 9.97 Å².